The standard InChI is InChI=1S/C11H14FNO3S/c12-10-6-9(17(13,14)15)4-5-11(10)16-7-8-2-1-3-8/h4-6,8H,1-3,7H2,(H2,13,14,15). The molecule has 1 saturated carbocycles. The second-order valence-corrected chi connectivity index (χ2v) is 5.81. The fourth-order valence-corrected chi connectivity index (χ4v) is 2.17. The fourth-order valence-electron chi connectivity index (χ4n) is 1.64. The summed E-state index contributed by atoms with van der Waals surface area (Å²) in [5.74, 6) is -0.132. The van der Waals surface area contributed by atoms with Gasteiger partial charge in [-0.1, -0.05) is 6.42 Å². The first-order chi connectivity index (χ1) is 7.97. The van der Waals surface area contributed by atoms with Crippen LogP contribution in [0.3, 0.4) is 0 Å². The van der Waals surface area contributed by atoms with Crippen LogP contribution in [0, 0.1) is 11.7 Å². The topological polar surface area (TPSA) is 69.4 Å². The Hall–Kier alpha value is -1.14. The molecule has 0 spiro atoms. The Morgan fingerprint density at radius 2 is 2.12 bits per heavy atom. The van der Waals surface area contributed by atoms with Crippen LogP contribution >= 0.6 is 0 Å². The molecular formula is C11H14FNO3S. The van der Waals surface area contributed by atoms with Gasteiger partial charge in [-0.3, -0.25) is 0 Å². The van der Waals surface area contributed by atoms with E-state index in [2.05, 4.69) is 0 Å². The molecule has 1 aromatic rings. The quantitative estimate of drug-likeness (QED) is 0.893. The molecule has 6 heteroatoms. The van der Waals surface area contributed by atoms with Crippen molar-refractivity contribution in [2.45, 2.75) is 24.2 Å². The number of hydrogen-bond donors (Lipinski definition) is 1. The average molecular weight is 259 g/mol. The molecule has 0 saturated heterocycles. The van der Waals surface area contributed by atoms with Crippen molar-refractivity contribution in [3.05, 3.63) is 24.0 Å². The number of rotatable bonds is 4. The van der Waals surface area contributed by atoms with E-state index in [4.69, 9.17) is 9.88 Å². The number of ether oxygens (including phenoxy) is 1. The van der Waals surface area contributed by atoms with E-state index in [0.717, 1.165) is 18.9 Å². The number of primary sulfonamides is 1. The van der Waals surface area contributed by atoms with Crippen molar-refractivity contribution >= 4 is 10.0 Å². The zero-order valence-electron chi connectivity index (χ0n) is 9.23. The molecule has 4 nitrogen and oxygen atoms in total. The number of halogens is 1. The number of sulfonamides is 1. The van der Waals surface area contributed by atoms with Crippen LogP contribution < -0.4 is 9.88 Å². The van der Waals surface area contributed by atoms with Crippen molar-refractivity contribution in [1.29, 1.82) is 0 Å². The second kappa shape index (κ2) is 4.62. The molecule has 0 atom stereocenters. The number of benzene rings is 1. The van der Waals surface area contributed by atoms with Gasteiger partial charge >= 0.3 is 0 Å². The summed E-state index contributed by atoms with van der Waals surface area (Å²) in [5.41, 5.74) is 0. The van der Waals surface area contributed by atoms with Gasteiger partial charge in [-0.05, 0) is 37.0 Å². The maximum Gasteiger partial charge on any atom is 0.238 e. The third kappa shape index (κ3) is 2.95. The molecule has 1 aliphatic carbocycles. The highest BCUT2D eigenvalue weighted by atomic mass is 32.2. The first-order valence-corrected chi connectivity index (χ1v) is 6.96. The maximum absolute atomic E-state index is 13.5. The monoisotopic (exact) mass is 259 g/mol. The smallest absolute Gasteiger partial charge is 0.238 e. The van der Waals surface area contributed by atoms with Gasteiger partial charge < -0.3 is 4.74 Å². The van der Waals surface area contributed by atoms with Crippen molar-refractivity contribution in [3.8, 4) is 5.75 Å². The Balaban J connectivity index is 2.08. The van der Waals surface area contributed by atoms with E-state index in [0.29, 0.717) is 12.5 Å². The van der Waals surface area contributed by atoms with Crippen LogP contribution in [0.1, 0.15) is 19.3 Å². The molecule has 1 aliphatic rings. The third-order valence-corrected chi connectivity index (χ3v) is 3.84. The van der Waals surface area contributed by atoms with Crippen molar-refractivity contribution in [2.75, 3.05) is 6.61 Å². The SMILES string of the molecule is NS(=O)(=O)c1ccc(OCC2CCC2)c(F)c1. The van der Waals surface area contributed by atoms with E-state index in [9.17, 15) is 12.8 Å². The number of nitrogens with two attached hydrogens (primary N) is 1. The molecule has 0 aromatic heterocycles. The molecule has 0 radical (unpaired) electrons. The van der Waals surface area contributed by atoms with Crippen LogP contribution in [0.2, 0.25) is 0 Å². The third-order valence-electron chi connectivity index (χ3n) is 2.93. The van der Waals surface area contributed by atoms with Crippen molar-refractivity contribution in [2.24, 2.45) is 11.1 Å². The predicted octanol–water partition coefficient (Wildman–Crippen LogP) is 1.65. The highest BCUT2D eigenvalue weighted by molar-refractivity contribution is 7.89. The van der Waals surface area contributed by atoms with E-state index in [-0.39, 0.29) is 10.6 Å². The van der Waals surface area contributed by atoms with Gasteiger partial charge in [0.2, 0.25) is 10.0 Å². The first-order valence-electron chi connectivity index (χ1n) is 5.42. The molecule has 2 rings (SSSR count). The molecule has 2 N–H and O–H groups in total. The van der Waals surface area contributed by atoms with Gasteiger partial charge in [-0.25, -0.2) is 17.9 Å². The van der Waals surface area contributed by atoms with Gasteiger partial charge in [0.15, 0.2) is 11.6 Å². The summed E-state index contributed by atoms with van der Waals surface area (Å²) in [5, 5.41) is 4.89. The van der Waals surface area contributed by atoms with Gasteiger partial charge in [-0.15, -0.1) is 0 Å². The lowest BCUT2D eigenvalue weighted by molar-refractivity contribution is 0.175. The summed E-state index contributed by atoms with van der Waals surface area (Å²) in [6.45, 7) is 0.478. The fraction of sp³-hybridized carbons (Fsp3) is 0.455. The Bertz CT molecular complexity index is 511. The maximum atomic E-state index is 13.5. The zero-order chi connectivity index (χ0) is 12.5. The Kier molecular flexibility index (Phi) is 3.35. The van der Waals surface area contributed by atoms with Crippen LogP contribution in [0.5, 0.6) is 5.75 Å². The molecule has 0 amide bonds. The number of hydrogen-bond acceptors (Lipinski definition) is 3. The highest BCUT2D eigenvalue weighted by Gasteiger charge is 2.19. The molecule has 0 unspecified atom stereocenters. The Labute approximate surface area is 99.6 Å². The Morgan fingerprint density at radius 1 is 1.41 bits per heavy atom. The highest BCUT2D eigenvalue weighted by Crippen LogP contribution is 2.28. The lowest BCUT2D eigenvalue weighted by atomic mass is 9.86. The first kappa shape index (κ1) is 12.3. The van der Waals surface area contributed by atoms with E-state index in [1.54, 1.807) is 0 Å². The second-order valence-electron chi connectivity index (χ2n) is 4.25. The largest absolute Gasteiger partial charge is 0.490 e. The summed E-state index contributed by atoms with van der Waals surface area (Å²) in [4.78, 5) is -0.244. The van der Waals surface area contributed by atoms with Crippen LogP contribution in [0.4, 0.5) is 4.39 Å². The zero-order valence-corrected chi connectivity index (χ0v) is 10.0. The van der Waals surface area contributed by atoms with Gasteiger partial charge in [0.25, 0.3) is 0 Å². The molecule has 0 heterocycles. The summed E-state index contributed by atoms with van der Waals surface area (Å²) in [7, 11) is -3.86. The summed E-state index contributed by atoms with van der Waals surface area (Å²) >= 11 is 0. The van der Waals surface area contributed by atoms with Gasteiger partial charge in [-0.2, -0.15) is 0 Å². The summed E-state index contributed by atoms with van der Waals surface area (Å²) in [6.07, 6.45) is 3.41. The molecular weight excluding hydrogens is 245 g/mol. The lowest BCUT2D eigenvalue weighted by Crippen LogP contribution is -2.19. The van der Waals surface area contributed by atoms with Crippen molar-refractivity contribution < 1.29 is 17.5 Å². The summed E-state index contributed by atoms with van der Waals surface area (Å²) < 4.78 is 40.8. The van der Waals surface area contributed by atoms with E-state index in [1.807, 2.05) is 0 Å². The molecule has 1 aromatic carbocycles. The van der Waals surface area contributed by atoms with Crippen molar-refractivity contribution in [1.82, 2.24) is 0 Å². The average Bonchev–Trinajstić information content (AvgIpc) is 2.16. The minimum Gasteiger partial charge on any atom is -0.490 e. The molecule has 94 valence electrons. The predicted molar refractivity (Wildman–Crippen MR) is 60.6 cm³/mol. The van der Waals surface area contributed by atoms with E-state index >= 15 is 0 Å². The molecule has 0 bridgehead atoms. The van der Waals surface area contributed by atoms with Gasteiger partial charge in [0, 0.05) is 0 Å². The van der Waals surface area contributed by atoms with Crippen LogP contribution in [-0.4, -0.2) is 15.0 Å². The normalized spacial score (nSPS) is 16.6. The van der Waals surface area contributed by atoms with E-state index < -0.39 is 15.8 Å². The Morgan fingerprint density at radius 3 is 2.59 bits per heavy atom. The minimum absolute atomic E-state index is 0.0734. The van der Waals surface area contributed by atoms with Crippen LogP contribution in [0.25, 0.3) is 0 Å². The van der Waals surface area contributed by atoms with Crippen molar-refractivity contribution in [3.63, 3.8) is 0 Å². The van der Waals surface area contributed by atoms with Gasteiger partial charge in [0.1, 0.15) is 0 Å². The van der Waals surface area contributed by atoms with Crippen LogP contribution in [-0.2, 0) is 10.0 Å². The van der Waals surface area contributed by atoms with Crippen LogP contribution in [0.15, 0.2) is 23.1 Å². The summed E-state index contributed by atoms with van der Waals surface area (Å²) in [6, 6.07) is 3.42. The van der Waals surface area contributed by atoms with Gasteiger partial charge in [0.05, 0.1) is 11.5 Å². The molecule has 1 fully saturated rings. The minimum atomic E-state index is -3.86. The molecule has 0 aliphatic heterocycles. The molecule has 17 heavy (non-hydrogen) atoms. The van der Waals surface area contributed by atoms with E-state index in [1.165, 1.54) is 18.6 Å². The lowest BCUT2D eigenvalue weighted by Gasteiger charge is -2.25.